The van der Waals surface area contributed by atoms with Crippen LogP contribution in [0, 0.1) is 5.92 Å². The molecular formula is C24H25ClF6N6. The molecule has 1 saturated carbocycles. The largest absolute Gasteiger partial charge is 0.416 e. The molecule has 37 heavy (non-hydrogen) atoms. The number of fused-ring (bicyclic) bond motifs is 1. The Hall–Kier alpha value is -2.60. The van der Waals surface area contributed by atoms with Crippen molar-refractivity contribution >= 4 is 28.6 Å². The molecule has 1 aromatic carbocycles. The number of nitrogens with zero attached hydrogens (tertiary/aromatic N) is 5. The van der Waals surface area contributed by atoms with Crippen LogP contribution < -0.4 is 5.43 Å². The van der Waals surface area contributed by atoms with E-state index in [-0.39, 0.29) is 29.3 Å². The van der Waals surface area contributed by atoms with Gasteiger partial charge in [0.2, 0.25) is 5.28 Å². The maximum absolute atomic E-state index is 13.5. The number of imidazole rings is 1. The first-order chi connectivity index (χ1) is 17.5. The monoisotopic (exact) mass is 546 g/mol. The molecule has 0 bridgehead atoms. The third-order valence-electron chi connectivity index (χ3n) is 7.24. The molecule has 1 N–H and O–H groups in total. The molecule has 1 aliphatic heterocycles. The van der Waals surface area contributed by atoms with Gasteiger partial charge in [-0.3, -0.25) is 0 Å². The highest BCUT2D eigenvalue weighted by molar-refractivity contribution is 6.28. The van der Waals surface area contributed by atoms with E-state index < -0.39 is 23.5 Å². The second kappa shape index (κ2) is 9.94. The lowest BCUT2D eigenvalue weighted by Gasteiger charge is -2.32. The Morgan fingerprint density at radius 1 is 0.946 bits per heavy atom. The Kier molecular flexibility index (Phi) is 6.99. The lowest BCUT2D eigenvalue weighted by Crippen LogP contribution is -2.38. The summed E-state index contributed by atoms with van der Waals surface area (Å²) < 4.78 is 81.5. The van der Waals surface area contributed by atoms with E-state index >= 15 is 0 Å². The zero-order valence-electron chi connectivity index (χ0n) is 19.7. The van der Waals surface area contributed by atoms with Gasteiger partial charge in [-0.15, -0.1) is 0 Å². The number of rotatable bonds is 5. The standard InChI is InChI=1S/C24H25ClF6N6/c25-22-33-20(19-21(34-22)37(13-32-19)17-3-1-2-4-17)35-36-9-7-14(8-10-36)11-15-5-6-16(23(26,27)28)12-18(15)24(29,30)31/h5-6,12-14,17H,1-4,7-11H2,(H,33,34,35). The van der Waals surface area contributed by atoms with Gasteiger partial charge in [-0.05, 0) is 67.3 Å². The van der Waals surface area contributed by atoms with Gasteiger partial charge < -0.3 is 9.99 Å². The van der Waals surface area contributed by atoms with Gasteiger partial charge in [0.05, 0.1) is 17.5 Å². The smallest absolute Gasteiger partial charge is 0.312 e. The lowest BCUT2D eigenvalue weighted by atomic mass is 9.88. The fourth-order valence-electron chi connectivity index (χ4n) is 5.32. The van der Waals surface area contributed by atoms with Crippen LogP contribution in [0.15, 0.2) is 24.5 Å². The van der Waals surface area contributed by atoms with E-state index in [1.54, 1.807) is 6.33 Å². The summed E-state index contributed by atoms with van der Waals surface area (Å²) in [5.74, 6) is 0.360. The molecule has 3 heterocycles. The van der Waals surface area contributed by atoms with Gasteiger partial charge in [0.25, 0.3) is 0 Å². The van der Waals surface area contributed by atoms with Crippen molar-refractivity contribution in [3.8, 4) is 0 Å². The van der Waals surface area contributed by atoms with Crippen molar-refractivity contribution in [2.45, 2.75) is 63.3 Å². The van der Waals surface area contributed by atoms with E-state index in [2.05, 4.69) is 20.4 Å². The average molecular weight is 547 g/mol. The van der Waals surface area contributed by atoms with Crippen molar-refractivity contribution in [2.24, 2.45) is 5.92 Å². The van der Waals surface area contributed by atoms with E-state index in [0.29, 0.717) is 49.0 Å². The summed E-state index contributed by atoms with van der Waals surface area (Å²) in [5.41, 5.74) is 1.84. The third-order valence-corrected chi connectivity index (χ3v) is 7.41. The van der Waals surface area contributed by atoms with Gasteiger partial charge in [0.1, 0.15) is 0 Å². The fourth-order valence-corrected chi connectivity index (χ4v) is 5.49. The van der Waals surface area contributed by atoms with Gasteiger partial charge in [0, 0.05) is 19.1 Å². The minimum Gasteiger partial charge on any atom is -0.312 e. The number of benzene rings is 1. The summed E-state index contributed by atoms with van der Waals surface area (Å²) in [7, 11) is 0. The molecule has 6 nitrogen and oxygen atoms in total. The van der Waals surface area contributed by atoms with E-state index in [1.807, 2.05) is 9.58 Å². The van der Waals surface area contributed by atoms with Crippen LogP contribution in [0.4, 0.5) is 32.2 Å². The van der Waals surface area contributed by atoms with Crippen molar-refractivity contribution in [3.63, 3.8) is 0 Å². The zero-order valence-corrected chi connectivity index (χ0v) is 20.5. The van der Waals surface area contributed by atoms with Gasteiger partial charge in [-0.25, -0.2) is 9.99 Å². The molecule has 2 aromatic heterocycles. The minimum atomic E-state index is -4.86. The molecule has 1 aliphatic carbocycles. The van der Waals surface area contributed by atoms with Crippen LogP contribution in [0.1, 0.15) is 61.3 Å². The van der Waals surface area contributed by atoms with Crippen molar-refractivity contribution in [1.29, 1.82) is 0 Å². The predicted octanol–water partition coefficient (Wildman–Crippen LogP) is 6.91. The van der Waals surface area contributed by atoms with Gasteiger partial charge in [0.15, 0.2) is 17.0 Å². The van der Waals surface area contributed by atoms with Crippen LogP contribution in [-0.4, -0.2) is 37.6 Å². The van der Waals surface area contributed by atoms with Gasteiger partial charge in [-0.2, -0.15) is 36.3 Å². The number of piperidine rings is 1. The van der Waals surface area contributed by atoms with E-state index in [0.717, 1.165) is 37.8 Å². The summed E-state index contributed by atoms with van der Waals surface area (Å²) in [6.45, 7) is 1.03. The second-order valence-electron chi connectivity index (χ2n) is 9.72. The topological polar surface area (TPSA) is 58.9 Å². The fraction of sp³-hybridized carbons (Fsp3) is 0.542. The summed E-state index contributed by atoms with van der Waals surface area (Å²) in [5, 5.41) is 1.99. The van der Waals surface area contributed by atoms with Crippen LogP contribution in [0.5, 0.6) is 0 Å². The van der Waals surface area contributed by atoms with Crippen LogP contribution in [0.25, 0.3) is 11.2 Å². The normalized spacial score (nSPS) is 18.7. The average Bonchev–Trinajstić information content (AvgIpc) is 3.49. The highest BCUT2D eigenvalue weighted by atomic mass is 35.5. The minimum absolute atomic E-state index is 0.0518. The number of hydrogen-bond acceptors (Lipinski definition) is 5. The van der Waals surface area contributed by atoms with Gasteiger partial charge in [-0.1, -0.05) is 18.9 Å². The molecule has 13 heteroatoms. The Bertz CT molecular complexity index is 1260. The SMILES string of the molecule is FC(F)(F)c1ccc(CC2CCN(Nc3nc(Cl)nc4c3ncn4C3CCCC3)CC2)c(C(F)(F)F)c1. The number of anilines is 1. The van der Waals surface area contributed by atoms with Crippen molar-refractivity contribution in [2.75, 3.05) is 18.5 Å². The highest BCUT2D eigenvalue weighted by Gasteiger charge is 2.38. The molecule has 2 aliphatic rings. The first kappa shape index (κ1) is 26.0. The Labute approximate surface area is 214 Å². The number of halogens is 7. The van der Waals surface area contributed by atoms with E-state index in [4.69, 9.17) is 11.6 Å². The zero-order chi connectivity index (χ0) is 26.4. The Balaban J connectivity index is 1.26. The quantitative estimate of drug-likeness (QED) is 0.278. The Morgan fingerprint density at radius 2 is 1.65 bits per heavy atom. The molecule has 0 radical (unpaired) electrons. The van der Waals surface area contributed by atoms with E-state index in [1.165, 1.54) is 0 Å². The summed E-state index contributed by atoms with van der Waals surface area (Å²) in [6, 6.07) is 2.21. The van der Waals surface area contributed by atoms with E-state index in [9.17, 15) is 26.3 Å². The van der Waals surface area contributed by atoms with Crippen molar-refractivity contribution < 1.29 is 26.3 Å². The van der Waals surface area contributed by atoms with Crippen LogP contribution in [-0.2, 0) is 18.8 Å². The molecule has 0 spiro atoms. The number of aromatic nitrogens is 4. The molecular weight excluding hydrogens is 522 g/mol. The molecule has 0 atom stereocenters. The Morgan fingerprint density at radius 3 is 2.30 bits per heavy atom. The summed E-state index contributed by atoms with van der Waals surface area (Å²) in [4.78, 5) is 13.2. The lowest BCUT2D eigenvalue weighted by molar-refractivity contribution is -0.143. The molecule has 2 fully saturated rings. The first-order valence-electron chi connectivity index (χ1n) is 12.2. The number of nitrogens with one attached hydrogen (secondary N) is 1. The number of hydrazine groups is 1. The maximum atomic E-state index is 13.5. The molecule has 0 amide bonds. The second-order valence-corrected chi connectivity index (χ2v) is 10.1. The molecule has 3 aromatic rings. The molecule has 200 valence electrons. The molecule has 5 rings (SSSR count). The van der Waals surface area contributed by atoms with Crippen molar-refractivity contribution in [3.05, 3.63) is 46.5 Å². The molecule has 1 saturated heterocycles. The summed E-state index contributed by atoms with van der Waals surface area (Å²) in [6.07, 6.45) is -2.36. The first-order valence-corrected chi connectivity index (χ1v) is 12.6. The van der Waals surface area contributed by atoms with Crippen LogP contribution >= 0.6 is 11.6 Å². The number of alkyl halides is 6. The van der Waals surface area contributed by atoms with Crippen molar-refractivity contribution in [1.82, 2.24) is 24.5 Å². The third kappa shape index (κ3) is 5.64. The van der Waals surface area contributed by atoms with Gasteiger partial charge >= 0.3 is 12.4 Å². The maximum Gasteiger partial charge on any atom is 0.416 e. The number of hydrogen-bond donors (Lipinski definition) is 1. The van der Waals surface area contributed by atoms with Crippen LogP contribution in [0.3, 0.4) is 0 Å². The predicted molar refractivity (Wildman–Crippen MR) is 126 cm³/mol. The highest BCUT2D eigenvalue weighted by Crippen LogP contribution is 2.39. The molecule has 0 unspecified atom stereocenters. The van der Waals surface area contributed by atoms with Crippen LogP contribution in [0.2, 0.25) is 5.28 Å². The summed E-state index contributed by atoms with van der Waals surface area (Å²) >= 11 is 6.20.